The van der Waals surface area contributed by atoms with Crippen LogP contribution in [0.1, 0.15) is 51.1 Å². The average molecular weight is 534 g/mol. The van der Waals surface area contributed by atoms with Crippen molar-refractivity contribution in [1.82, 2.24) is 10.2 Å². The molecule has 0 bridgehead atoms. The molecule has 0 aromatic heterocycles. The lowest BCUT2D eigenvalue weighted by Gasteiger charge is -2.44. The summed E-state index contributed by atoms with van der Waals surface area (Å²) in [6, 6.07) is 5.36. The highest BCUT2D eigenvalue weighted by Gasteiger charge is 2.64. The number of carbonyl (C=O) groups excluding carboxylic acids is 4. The van der Waals surface area contributed by atoms with Crippen LogP contribution < -0.4 is 5.32 Å². The van der Waals surface area contributed by atoms with Crippen LogP contribution in [0.25, 0.3) is 10.4 Å². The van der Waals surface area contributed by atoms with E-state index in [0.29, 0.717) is 18.4 Å². The summed E-state index contributed by atoms with van der Waals surface area (Å²) in [6.07, 6.45) is 0.585. The summed E-state index contributed by atoms with van der Waals surface area (Å²) >= 11 is 1.31. The van der Waals surface area contributed by atoms with Gasteiger partial charge >= 0.3 is 17.9 Å². The fourth-order valence-corrected chi connectivity index (χ4v) is 5.79. The van der Waals surface area contributed by atoms with Crippen molar-refractivity contribution in [3.63, 3.8) is 0 Å². The van der Waals surface area contributed by atoms with Gasteiger partial charge in [-0.25, -0.2) is 4.79 Å². The Kier molecular flexibility index (Phi) is 9.00. The van der Waals surface area contributed by atoms with Crippen LogP contribution in [0.3, 0.4) is 0 Å². The van der Waals surface area contributed by atoms with E-state index in [1.807, 2.05) is 0 Å². The van der Waals surface area contributed by atoms with Gasteiger partial charge in [-0.1, -0.05) is 35.4 Å². The number of nitrogens with one attached hydrogen (secondary N) is 1. The van der Waals surface area contributed by atoms with Crippen LogP contribution >= 0.6 is 11.8 Å². The van der Waals surface area contributed by atoms with Crippen LogP contribution in [0.5, 0.6) is 0 Å². The van der Waals surface area contributed by atoms with Crippen LogP contribution in [-0.2, 0) is 33.4 Å². The molecule has 14 heteroatoms. The molecule has 37 heavy (non-hydrogen) atoms. The number of nitrogens with zero attached hydrogens (tertiary/aromatic N) is 4. The number of benzene rings is 1. The Labute approximate surface area is 216 Å². The Bertz CT molecular complexity index is 1110. The zero-order valence-electron chi connectivity index (χ0n) is 20.2. The van der Waals surface area contributed by atoms with E-state index in [-0.39, 0.29) is 12.8 Å². The lowest BCUT2D eigenvalue weighted by Crippen LogP contribution is -2.71. The predicted octanol–water partition coefficient (Wildman–Crippen LogP) is 2.27. The summed E-state index contributed by atoms with van der Waals surface area (Å²) in [5.74, 6) is -3.46. The summed E-state index contributed by atoms with van der Waals surface area (Å²) in [5, 5.41) is 14.3. The van der Waals surface area contributed by atoms with E-state index in [2.05, 4.69) is 15.3 Å². The molecule has 0 aliphatic carbocycles. The van der Waals surface area contributed by atoms with E-state index in [1.54, 1.807) is 44.2 Å². The van der Waals surface area contributed by atoms with Crippen molar-refractivity contribution in [3.8, 4) is 0 Å². The highest BCUT2D eigenvalue weighted by Crippen LogP contribution is 2.51. The molecule has 2 aliphatic rings. The van der Waals surface area contributed by atoms with Gasteiger partial charge < -0.3 is 24.8 Å². The number of esters is 2. The molecule has 198 valence electrons. The van der Waals surface area contributed by atoms with E-state index in [0.717, 1.165) is 0 Å². The van der Waals surface area contributed by atoms with Crippen LogP contribution in [0.2, 0.25) is 0 Å². The van der Waals surface area contributed by atoms with Gasteiger partial charge in [-0.15, -0.1) is 11.8 Å². The number of azide groups is 1. The first-order valence-electron chi connectivity index (χ1n) is 11.5. The van der Waals surface area contributed by atoms with E-state index in [1.165, 1.54) is 16.7 Å². The summed E-state index contributed by atoms with van der Waals surface area (Å²) < 4.78 is 9.22. The molecule has 0 spiro atoms. The Balaban J connectivity index is 1.55. The van der Waals surface area contributed by atoms with Gasteiger partial charge in [0.25, 0.3) is 0 Å². The molecule has 3 rings (SSSR count). The lowest BCUT2D eigenvalue weighted by molar-refractivity contribution is -0.176. The summed E-state index contributed by atoms with van der Waals surface area (Å²) in [4.78, 5) is 64.9. The number of carboxylic acid groups (broad SMARTS) is 1. The molecule has 2 amide bonds. The zero-order chi connectivity index (χ0) is 27.2. The molecule has 2 fully saturated rings. The Hall–Kier alpha value is -3.77. The van der Waals surface area contributed by atoms with Gasteiger partial charge in [0.15, 0.2) is 0 Å². The summed E-state index contributed by atoms with van der Waals surface area (Å²) in [6.45, 7) is 2.89. The molecule has 13 nitrogen and oxygen atoms in total. The summed E-state index contributed by atoms with van der Waals surface area (Å²) in [7, 11) is 0. The molecule has 2 saturated heterocycles. The first-order chi connectivity index (χ1) is 17.6. The van der Waals surface area contributed by atoms with Gasteiger partial charge in [0.1, 0.15) is 23.5 Å². The Morgan fingerprint density at radius 3 is 2.51 bits per heavy atom. The van der Waals surface area contributed by atoms with Gasteiger partial charge in [0.05, 0.1) is 0 Å². The normalized spacial score (nSPS) is 22.1. The number of aliphatic carboxylic acids is 1. The molecule has 2 aliphatic heterocycles. The molecular weight excluding hydrogens is 506 g/mol. The second kappa shape index (κ2) is 12.0. The third-order valence-corrected chi connectivity index (χ3v) is 7.51. The number of rotatable bonds is 12. The number of β-lactam (4-membered cyclic amide) rings is 1. The summed E-state index contributed by atoms with van der Waals surface area (Å²) in [5.41, 5.74) is 9.36. The first kappa shape index (κ1) is 27.8. The predicted molar refractivity (Wildman–Crippen MR) is 130 cm³/mol. The fourth-order valence-electron chi connectivity index (χ4n) is 4.17. The van der Waals surface area contributed by atoms with Gasteiger partial charge in [-0.05, 0) is 37.8 Å². The molecule has 2 N–H and O–H groups in total. The average Bonchev–Trinajstić information content (AvgIpc) is 3.11. The van der Waals surface area contributed by atoms with E-state index in [4.69, 9.17) is 20.1 Å². The number of ether oxygens (including phenoxy) is 2. The zero-order valence-corrected chi connectivity index (χ0v) is 21.1. The second-order valence-electron chi connectivity index (χ2n) is 8.96. The number of thioether (sulfide) groups is 1. The van der Waals surface area contributed by atoms with E-state index in [9.17, 15) is 24.0 Å². The number of amides is 2. The van der Waals surface area contributed by atoms with Crippen molar-refractivity contribution in [2.75, 3.05) is 6.79 Å². The molecule has 1 aromatic carbocycles. The number of hydrogen-bond donors (Lipinski definition) is 2. The molecule has 4 atom stereocenters. The molecule has 0 radical (unpaired) electrons. The maximum atomic E-state index is 12.9. The van der Waals surface area contributed by atoms with Gasteiger partial charge in [-0.3, -0.25) is 19.2 Å². The van der Waals surface area contributed by atoms with Crippen molar-refractivity contribution in [1.29, 1.82) is 0 Å². The van der Waals surface area contributed by atoms with E-state index >= 15 is 0 Å². The van der Waals surface area contributed by atoms with Gasteiger partial charge in [-0.2, -0.15) is 0 Å². The van der Waals surface area contributed by atoms with Crippen LogP contribution in [0.4, 0.5) is 0 Å². The monoisotopic (exact) mass is 533 g/mol. The number of fused-ring (bicyclic) bond motifs is 1. The largest absolute Gasteiger partial charge is 0.481 e. The SMILES string of the molecule is CC1(C)S[C@@H]2[C@H](NC(=O)C(N=[N+]=[N-])c3ccccc3)C(=O)N2[C@H]1C(=O)OCOC(=O)CCCCC(=O)O. The topological polar surface area (TPSA) is 188 Å². The molecule has 1 unspecified atom stereocenters. The van der Waals surface area contributed by atoms with Crippen molar-refractivity contribution in [2.24, 2.45) is 5.11 Å². The van der Waals surface area contributed by atoms with Crippen molar-refractivity contribution in [3.05, 3.63) is 46.3 Å². The number of unbranched alkanes of at least 4 members (excludes halogenated alkanes) is 1. The van der Waals surface area contributed by atoms with Crippen molar-refractivity contribution < 1.29 is 38.6 Å². The molecule has 1 aromatic rings. The number of carboxylic acids is 1. The quantitative estimate of drug-likeness (QED) is 0.0772. The second-order valence-corrected chi connectivity index (χ2v) is 10.7. The van der Waals surface area contributed by atoms with Gasteiger partial charge in [0.2, 0.25) is 18.6 Å². The highest BCUT2D eigenvalue weighted by molar-refractivity contribution is 8.01. The number of carbonyl (C=O) groups is 5. The van der Waals surface area contributed by atoms with Crippen LogP contribution in [-0.4, -0.2) is 68.7 Å². The maximum Gasteiger partial charge on any atom is 0.333 e. The van der Waals surface area contributed by atoms with E-state index < -0.39 is 64.8 Å². The molecular formula is C23H27N5O8S. The van der Waals surface area contributed by atoms with Crippen molar-refractivity contribution >= 4 is 41.5 Å². The maximum absolute atomic E-state index is 12.9. The highest BCUT2D eigenvalue weighted by atomic mass is 32.2. The third kappa shape index (κ3) is 6.52. The first-order valence-corrected chi connectivity index (χ1v) is 12.4. The fraction of sp³-hybridized carbons (Fsp3) is 0.522. The smallest absolute Gasteiger partial charge is 0.333 e. The van der Waals surface area contributed by atoms with Gasteiger partial charge in [0, 0.05) is 22.5 Å². The van der Waals surface area contributed by atoms with Crippen LogP contribution in [0.15, 0.2) is 35.4 Å². The lowest BCUT2D eigenvalue weighted by atomic mass is 9.95. The Morgan fingerprint density at radius 2 is 1.86 bits per heavy atom. The minimum Gasteiger partial charge on any atom is -0.481 e. The minimum atomic E-state index is -1.16. The van der Waals surface area contributed by atoms with Crippen LogP contribution in [0, 0.1) is 0 Å². The molecule has 2 heterocycles. The van der Waals surface area contributed by atoms with Crippen molar-refractivity contribution in [2.45, 2.75) is 67.8 Å². The third-order valence-electron chi connectivity index (χ3n) is 5.94. The standard InChI is InChI=1S/C23H27N5O8S/c1-23(2)18(22(34)36-12-35-15(31)11-7-6-10-14(29)30)28-20(33)17(21(28)37-23)25-19(32)16(26-27-24)13-8-4-3-5-9-13/h3-5,8-9,16-18,21H,6-7,10-12H2,1-2H3,(H,25,32)(H,29,30)/t16?,17-,18+,21-/m1/s1. The Morgan fingerprint density at radius 1 is 1.19 bits per heavy atom. The number of hydrogen-bond acceptors (Lipinski definition) is 9. The molecule has 0 saturated carbocycles. The minimum absolute atomic E-state index is 0.0104.